The molecule has 3 heterocycles. The minimum atomic E-state index is -1.58. The zero-order chi connectivity index (χ0) is 24.6. The monoisotopic (exact) mass is 491 g/mol. The Morgan fingerprint density at radius 2 is 2.09 bits per heavy atom. The van der Waals surface area contributed by atoms with Gasteiger partial charge in [0.1, 0.15) is 11.5 Å². The van der Waals surface area contributed by atoms with Gasteiger partial charge in [-0.1, -0.05) is 0 Å². The Kier molecular flexibility index (Phi) is 6.71. The number of anilines is 1. The van der Waals surface area contributed by atoms with Gasteiger partial charge in [0, 0.05) is 50.6 Å². The average Bonchev–Trinajstić information content (AvgIpc) is 2.73. The number of nitrogens with zero attached hydrogens (tertiary/aromatic N) is 4. The Labute approximate surface area is 199 Å². The highest BCUT2D eigenvalue weighted by Gasteiger charge is 2.37. The Morgan fingerprint density at radius 1 is 1.35 bits per heavy atom. The van der Waals surface area contributed by atoms with Gasteiger partial charge in [-0.05, 0) is 38.5 Å². The van der Waals surface area contributed by atoms with E-state index in [-0.39, 0.29) is 22.9 Å². The normalized spacial score (nSPS) is 19.4. The van der Waals surface area contributed by atoms with Crippen LogP contribution in [0.5, 0.6) is 11.5 Å². The summed E-state index contributed by atoms with van der Waals surface area (Å²) in [5, 5.41) is 0. The SMILES string of the molecule is CC1c2ccc(OC(=O)N(C)C)cc2OC(=O)N1C(C)c1ccnc(NS(=O)N2CCC2)c1F. The van der Waals surface area contributed by atoms with Crippen LogP contribution in [0.15, 0.2) is 30.5 Å². The summed E-state index contributed by atoms with van der Waals surface area (Å²) in [5.74, 6) is -0.307. The first kappa shape index (κ1) is 23.9. The molecule has 2 aliphatic heterocycles. The number of carbonyl (C=O) groups is 2. The van der Waals surface area contributed by atoms with E-state index in [1.807, 2.05) is 0 Å². The number of amides is 2. The molecule has 0 aliphatic carbocycles. The topological polar surface area (TPSA) is 104 Å². The van der Waals surface area contributed by atoms with E-state index in [0.717, 1.165) is 6.42 Å². The maximum atomic E-state index is 15.3. The van der Waals surface area contributed by atoms with Crippen LogP contribution in [-0.2, 0) is 11.2 Å². The Morgan fingerprint density at radius 3 is 2.74 bits per heavy atom. The van der Waals surface area contributed by atoms with Gasteiger partial charge < -0.3 is 14.4 Å². The van der Waals surface area contributed by atoms with Gasteiger partial charge >= 0.3 is 12.2 Å². The lowest BCUT2D eigenvalue weighted by Crippen LogP contribution is -2.42. The summed E-state index contributed by atoms with van der Waals surface area (Å²) in [4.78, 5) is 31.4. The van der Waals surface area contributed by atoms with Crippen molar-refractivity contribution in [3.8, 4) is 11.5 Å². The quantitative estimate of drug-likeness (QED) is 0.662. The molecule has 1 N–H and O–H groups in total. The zero-order valence-electron chi connectivity index (χ0n) is 19.3. The minimum absolute atomic E-state index is 0.139. The van der Waals surface area contributed by atoms with Crippen molar-refractivity contribution in [1.29, 1.82) is 0 Å². The number of hydrogen-bond acceptors (Lipinski definition) is 6. The van der Waals surface area contributed by atoms with Crippen LogP contribution >= 0.6 is 0 Å². The maximum Gasteiger partial charge on any atom is 0.416 e. The standard InChI is InChI=1S/C22H26FN5O5S/c1-13-16-7-6-15(32-21(29)26(3)4)12-18(16)33-22(30)28(13)14(2)17-8-9-24-20(19(17)23)25-34(31)27-10-5-11-27/h6-9,12-14H,5,10-11H2,1-4H3,(H,24,25). The second kappa shape index (κ2) is 9.55. The summed E-state index contributed by atoms with van der Waals surface area (Å²) in [7, 11) is 3.12. The second-order valence-electron chi connectivity index (χ2n) is 8.29. The first-order chi connectivity index (χ1) is 16.2. The third-order valence-electron chi connectivity index (χ3n) is 5.85. The summed E-state index contributed by atoms with van der Waals surface area (Å²) in [6.45, 7) is 4.83. The molecule has 34 heavy (non-hydrogen) atoms. The molecule has 1 saturated heterocycles. The van der Waals surface area contributed by atoms with Gasteiger partial charge in [0.2, 0.25) is 0 Å². The molecule has 2 aromatic rings. The fourth-order valence-electron chi connectivity index (χ4n) is 3.75. The molecule has 0 saturated carbocycles. The van der Waals surface area contributed by atoms with E-state index in [1.54, 1.807) is 44.4 Å². The highest BCUT2D eigenvalue weighted by Crippen LogP contribution is 2.41. The number of rotatable bonds is 6. The van der Waals surface area contributed by atoms with Gasteiger partial charge in [-0.15, -0.1) is 0 Å². The van der Waals surface area contributed by atoms with Crippen LogP contribution in [0.1, 0.15) is 43.5 Å². The number of nitrogens with one attached hydrogen (secondary N) is 1. The fraction of sp³-hybridized carbons (Fsp3) is 0.409. The van der Waals surface area contributed by atoms with Gasteiger partial charge in [-0.3, -0.25) is 9.62 Å². The molecule has 182 valence electrons. The molecule has 1 aromatic heterocycles. The molecule has 12 heteroatoms. The lowest BCUT2D eigenvalue weighted by Gasteiger charge is -2.38. The largest absolute Gasteiger partial charge is 0.416 e. The van der Waals surface area contributed by atoms with Crippen molar-refractivity contribution in [3.05, 3.63) is 47.4 Å². The summed E-state index contributed by atoms with van der Waals surface area (Å²) in [5.41, 5.74) is 0.893. The molecule has 2 aliphatic rings. The molecule has 3 unspecified atom stereocenters. The third kappa shape index (κ3) is 4.55. The van der Waals surface area contributed by atoms with E-state index in [0.29, 0.717) is 18.7 Å². The lowest BCUT2D eigenvalue weighted by molar-refractivity contribution is 0.0980. The second-order valence-corrected chi connectivity index (χ2v) is 9.50. The van der Waals surface area contributed by atoms with Gasteiger partial charge in [-0.2, -0.15) is 0 Å². The van der Waals surface area contributed by atoms with Crippen molar-refractivity contribution < 1.29 is 27.7 Å². The minimum Gasteiger partial charge on any atom is -0.410 e. The summed E-state index contributed by atoms with van der Waals surface area (Å²) < 4.78 is 42.6. The molecule has 0 radical (unpaired) electrons. The predicted molar refractivity (Wildman–Crippen MR) is 123 cm³/mol. The van der Waals surface area contributed by atoms with Crippen LogP contribution in [0, 0.1) is 5.82 Å². The van der Waals surface area contributed by atoms with Crippen LogP contribution in [0.25, 0.3) is 0 Å². The van der Waals surface area contributed by atoms with Gasteiger partial charge in [0.05, 0.1) is 12.1 Å². The molecule has 2 amide bonds. The maximum absolute atomic E-state index is 15.3. The van der Waals surface area contributed by atoms with Crippen molar-refractivity contribution in [2.24, 2.45) is 0 Å². The first-order valence-electron chi connectivity index (χ1n) is 10.8. The lowest BCUT2D eigenvalue weighted by atomic mass is 9.99. The van der Waals surface area contributed by atoms with E-state index in [2.05, 4.69) is 9.71 Å². The van der Waals surface area contributed by atoms with E-state index in [1.165, 1.54) is 28.1 Å². The molecule has 10 nitrogen and oxygen atoms in total. The number of fused-ring (bicyclic) bond motifs is 1. The molecular weight excluding hydrogens is 465 g/mol. The molecule has 0 bridgehead atoms. The van der Waals surface area contributed by atoms with Crippen molar-refractivity contribution >= 4 is 29.2 Å². The van der Waals surface area contributed by atoms with Crippen molar-refractivity contribution in [1.82, 2.24) is 19.1 Å². The fourth-order valence-corrected chi connectivity index (χ4v) is 4.78. The number of pyridine rings is 1. The molecular formula is C22H26FN5O5S. The molecule has 0 spiro atoms. The van der Waals surface area contributed by atoms with Gasteiger partial charge in [0.25, 0.3) is 0 Å². The van der Waals surface area contributed by atoms with E-state index in [9.17, 15) is 13.8 Å². The molecule has 1 fully saturated rings. The highest BCUT2D eigenvalue weighted by molar-refractivity contribution is 7.84. The number of carbonyl (C=O) groups excluding carboxylic acids is 2. The summed E-state index contributed by atoms with van der Waals surface area (Å²) >= 11 is -1.58. The van der Waals surface area contributed by atoms with Crippen LogP contribution in [0.4, 0.5) is 19.8 Å². The van der Waals surface area contributed by atoms with Crippen LogP contribution in [0.2, 0.25) is 0 Å². The molecule has 4 rings (SSSR count). The van der Waals surface area contributed by atoms with Crippen molar-refractivity contribution in [3.63, 3.8) is 0 Å². The molecule has 3 atom stereocenters. The van der Waals surface area contributed by atoms with E-state index >= 15 is 4.39 Å². The van der Waals surface area contributed by atoms with Crippen molar-refractivity contribution in [2.45, 2.75) is 32.4 Å². The predicted octanol–water partition coefficient (Wildman–Crippen LogP) is 3.61. The number of hydrogen-bond donors (Lipinski definition) is 1. The number of ether oxygens (including phenoxy) is 2. The van der Waals surface area contributed by atoms with Gasteiger partial charge in [0.15, 0.2) is 22.8 Å². The average molecular weight is 492 g/mol. The Hall–Kier alpha value is -3.25. The number of benzene rings is 1. The van der Waals surface area contributed by atoms with Crippen molar-refractivity contribution in [2.75, 3.05) is 31.9 Å². The molecule has 1 aromatic carbocycles. The Bertz CT molecular complexity index is 1140. The van der Waals surface area contributed by atoms with Crippen LogP contribution in [0.3, 0.4) is 0 Å². The zero-order valence-corrected chi connectivity index (χ0v) is 20.1. The first-order valence-corrected chi connectivity index (χ1v) is 11.9. The van der Waals surface area contributed by atoms with Crippen LogP contribution in [-0.4, -0.2) is 62.7 Å². The van der Waals surface area contributed by atoms with E-state index < -0.39 is 41.3 Å². The number of halogens is 1. The number of aromatic nitrogens is 1. The Balaban J connectivity index is 1.56. The summed E-state index contributed by atoms with van der Waals surface area (Å²) in [6.07, 6.45) is 1.12. The van der Waals surface area contributed by atoms with Gasteiger partial charge in [-0.25, -0.2) is 27.5 Å². The van der Waals surface area contributed by atoms with Crippen LogP contribution < -0.4 is 14.2 Å². The highest BCUT2D eigenvalue weighted by atomic mass is 32.2. The van der Waals surface area contributed by atoms with E-state index in [4.69, 9.17) is 9.47 Å². The summed E-state index contributed by atoms with van der Waals surface area (Å²) in [6, 6.07) is 5.12. The third-order valence-corrected chi connectivity index (χ3v) is 7.05. The smallest absolute Gasteiger partial charge is 0.410 e.